The standard InChI is InChI=1S/C25H24ClNO5S/c1-16-8-13-19(22(26)14-16)17-9-11-18(12-10-17)33(30,31)27-23-6-2-5-21-20(23)4-3-7-24(21)32-15-25(28)29/h3-4,7-14,23,27H,2,5-6,15H2,1H3,(H,28,29). The van der Waals surface area contributed by atoms with Crippen molar-refractivity contribution in [3.63, 3.8) is 0 Å². The van der Waals surface area contributed by atoms with Gasteiger partial charge in [-0.2, -0.15) is 0 Å². The Morgan fingerprint density at radius 2 is 1.91 bits per heavy atom. The lowest BCUT2D eigenvalue weighted by atomic mass is 9.87. The first kappa shape index (κ1) is 23.3. The molecule has 33 heavy (non-hydrogen) atoms. The minimum atomic E-state index is -3.77. The molecule has 0 amide bonds. The summed E-state index contributed by atoms with van der Waals surface area (Å²) in [4.78, 5) is 11.0. The van der Waals surface area contributed by atoms with Crippen LogP contribution in [0, 0.1) is 6.92 Å². The summed E-state index contributed by atoms with van der Waals surface area (Å²) in [6, 6.07) is 17.3. The van der Waals surface area contributed by atoms with Gasteiger partial charge in [-0.05, 0) is 72.7 Å². The van der Waals surface area contributed by atoms with Crippen molar-refractivity contribution in [2.24, 2.45) is 0 Å². The molecule has 0 spiro atoms. The Morgan fingerprint density at radius 3 is 2.61 bits per heavy atom. The number of nitrogens with one attached hydrogen (secondary N) is 1. The summed E-state index contributed by atoms with van der Waals surface area (Å²) in [6.07, 6.45) is 2.11. The van der Waals surface area contributed by atoms with E-state index in [0.717, 1.165) is 34.2 Å². The number of aliphatic carboxylic acids is 1. The van der Waals surface area contributed by atoms with E-state index >= 15 is 0 Å². The van der Waals surface area contributed by atoms with Gasteiger partial charge in [0, 0.05) is 16.6 Å². The highest BCUT2D eigenvalue weighted by Crippen LogP contribution is 2.36. The molecule has 6 nitrogen and oxygen atoms in total. The zero-order chi connectivity index (χ0) is 23.6. The van der Waals surface area contributed by atoms with Crippen molar-refractivity contribution in [2.45, 2.75) is 37.1 Å². The van der Waals surface area contributed by atoms with Crippen LogP contribution in [0.2, 0.25) is 5.02 Å². The number of sulfonamides is 1. The second kappa shape index (κ2) is 9.55. The molecule has 0 aliphatic heterocycles. The molecule has 1 aliphatic carbocycles. The van der Waals surface area contributed by atoms with Crippen molar-refractivity contribution < 1.29 is 23.1 Å². The maximum atomic E-state index is 13.1. The van der Waals surface area contributed by atoms with Gasteiger partial charge in [0.25, 0.3) is 0 Å². The number of aryl methyl sites for hydroxylation is 1. The number of ether oxygens (including phenoxy) is 1. The summed E-state index contributed by atoms with van der Waals surface area (Å²) in [5, 5.41) is 9.52. The molecule has 0 heterocycles. The Kier molecular flexibility index (Phi) is 6.74. The van der Waals surface area contributed by atoms with Crippen LogP contribution in [-0.4, -0.2) is 26.1 Å². The third kappa shape index (κ3) is 5.21. The SMILES string of the molecule is Cc1ccc(-c2ccc(S(=O)(=O)NC3CCCc4c(OCC(=O)O)cccc43)cc2)c(Cl)c1. The van der Waals surface area contributed by atoms with E-state index in [4.69, 9.17) is 21.4 Å². The number of hydrogen-bond acceptors (Lipinski definition) is 4. The van der Waals surface area contributed by atoms with Gasteiger partial charge in [0.1, 0.15) is 5.75 Å². The molecule has 8 heteroatoms. The average Bonchev–Trinajstić information content (AvgIpc) is 2.78. The van der Waals surface area contributed by atoms with Crippen LogP contribution in [-0.2, 0) is 21.2 Å². The van der Waals surface area contributed by atoms with Crippen LogP contribution >= 0.6 is 11.6 Å². The molecule has 2 N–H and O–H groups in total. The topological polar surface area (TPSA) is 92.7 Å². The number of benzene rings is 3. The fourth-order valence-electron chi connectivity index (χ4n) is 4.14. The first-order chi connectivity index (χ1) is 15.7. The number of fused-ring (bicyclic) bond motifs is 1. The third-order valence-corrected chi connectivity index (χ3v) is 7.51. The molecule has 3 aromatic rings. The number of halogens is 1. The molecule has 1 atom stereocenters. The highest BCUT2D eigenvalue weighted by molar-refractivity contribution is 7.89. The number of carbonyl (C=O) groups is 1. The van der Waals surface area contributed by atoms with Crippen LogP contribution in [0.15, 0.2) is 65.6 Å². The van der Waals surface area contributed by atoms with E-state index in [1.54, 1.807) is 36.4 Å². The molecule has 1 unspecified atom stereocenters. The zero-order valence-electron chi connectivity index (χ0n) is 18.0. The Morgan fingerprint density at radius 1 is 1.15 bits per heavy atom. The fraction of sp³-hybridized carbons (Fsp3) is 0.240. The second-order valence-corrected chi connectivity index (χ2v) is 10.2. The van der Waals surface area contributed by atoms with Gasteiger partial charge in [0.15, 0.2) is 6.61 Å². The zero-order valence-corrected chi connectivity index (χ0v) is 19.6. The smallest absolute Gasteiger partial charge is 0.341 e. The Balaban J connectivity index is 1.56. The normalized spacial score (nSPS) is 15.6. The molecule has 4 rings (SSSR count). The maximum absolute atomic E-state index is 13.1. The summed E-state index contributed by atoms with van der Waals surface area (Å²) in [6.45, 7) is 1.52. The monoisotopic (exact) mass is 485 g/mol. The Bertz CT molecular complexity index is 1290. The molecule has 0 aromatic heterocycles. The lowest BCUT2D eigenvalue weighted by Crippen LogP contribution is -2.31. The summed E-state index contributed by atoms with van der Waals surface area (Å²) in [7, 11) is -3.77. The highest BCUT2D eigenvalue weighted by atomic mass is 35.5. The van der Waals surface area contributed by atoms with Crippen LogP contribution in [0.1, 0.15) is 35.6 Å². The van der Waals surface area contributed by atoms with E-state index in [1.807, 2.05) is 31.2 Å². The molecular formula is C25H24ClNO5S. The first-order valence-electron chi connectivity index (χ1n) is 10.6. The largest absolute Gasteiger partial charge is 0.482 e. The van der Waals surface area contributed by atoms with E-state index < -0.39 is 28.6 Å². The van der Waals surface area contributed by atoms with E-state index in [9.17, 15) is 13.2 Å². The number of carboxylic acid groups (broad SMARTS) is 1. The number of rotatable bonds is 7. The summed E-state index contributed by atoms with van der Waals surface area (Å²) in [5.41, 5.74) is 4.39. The van der Waals surface area contributed by atoms with Crippen molar-refractivity contribution in [3.8, 4) is 16.9 Å². The molecule has 0 radical (unpaired) electrons. The first-order valence-corrected chi connectivity index (χ1v) is 12.5. The summed E-state index contributed by atoms with van der Waals surface area (Å²) < 4.78 is 34.5. The van der Waals surface area contributed by atoms with E-state index in [1.165, 1.54) is 0 Å². The quantitative estimate of drug-likeness (QED) is 0.483. The molecule has 0 fully saturated rings. The number of hydrogen-bond donors (Lipinski definition) is 2. The predicted molar refractivity (Wildman–Crippen MR) is 127 cm³/mol. The van der Waals surface area contributed by atoms with Crippen LogP contribution < -0.4 is 9.46 Å². The van der Waals surface area contributed by atoms with Crippen molar-refractivity contribution in [2.75, 3.05) is 6.61 Å². The van der Waals surface area contributed by atoms with Crippen molar-refractivity contribution in [3.05, 3.63) is 82.4 Å². The van der Waals surface area contributed by atoms with Gasteiger partial charge in [-0.3, -0.25) is 0 Å². The molecular weight excluding hydrogens is 462 g/mol. The van der Waals surface area contributed by atoms with Crippen LogP contribution in [0.4, 0.5) is 0 Å². The average molecular weight is 486 g/mol. The van der Waals surface area contributed by atoms with Gasteiger partial charge in [-0.15, -0.1) is 0 Å². The van der Waals surface area contributed by atoms with Crippen LogP contribution in [0.25, 0.3) is 11.1 Å². The van der Waals surface area contributed by atoms with E-state index in [2.05, 4.69) is 4.72 Å². The minimum Gasteiger partial charge on any atom is -0.482 e. The lowest BCUT2D eigenvalue weighted by molar-refractivity contribution is -0.139. The summed E-state index contributed by atoms with van der Waals surface area (Å²) in [5.74, 6) is -0.575. The fourth-order valence-corrected chi connectivity index (χ4v) is 5.73. The minimum absolute atomic E-state index is 0.167. The molecule has 1 aliphatic rings. The predicted octanol–water partition coefficient (Wildman–Crippen LogP) is 5.13. The molecule has 0 saturated heterocycles. The van der Waals surface area contributed by atoms with Gasteiger partial charge < -0.3 is 9.84 Å². The highest BCUT2D eigenvalue weighted by Gasteiger charge is 2.27. The van der Waals surface area contributed by atoms with Crippen molar-refractivity contribution >= 4 is 27.6 Å². The molecule has 0 saturated carbocycles. The van der Waals surface area contributed by atoms with E-state index in [0.29, 0.717) is 23.6 Å². The van der Waals surface area contributed by atoms with Crippen LogP contribution in [0.5, 0.6) is 5.75 Å². The summed E-state index contributed by atoms with van der Waals surface area (Å²) >= 11 is 6.35. The van der Waals surface area contributed by atoms with Gasteiger partial charge >= 0.3 is 5.97 Å². The third-order valence-electron chi connectivity index (χ3n) is 5.71. The molecule has 3 aromatic carbocycles. The second-order valence-electron chi connectivity index (χ2n) is 8.08. The molecule has 0 bridgehead atoms. The maximum Gasteiger partial charge on any atom is 0.341 e. The van der Waals surface area contributed by atoms with E-state index in [-0.39, 0.29) is 4.90 Å². The molecule has 172 valence electrons. The van der Waals surface area contributed by atoms with Gasteiger partial charge in [-0.25, -0.2) is 17.9 Å². The Labute approximate surface area is 198 Å². The van der Waals surface area contributed by atoms with Gasteiger partial charge in [0.05, 0.1) is 4.90 Å². The number of carboxylic acids is 1. The van der Waals surface area contributed by atoms with Crippen molar-refractivity contribution in [1.82, 2.24) is 4.72 Å². The van der Waals surface area contributed by atoms with Gasteiger partial charge in [-0.1, -0.05) is 48.0 Å². The van der Waals surface area contributed by atoms with Crippen LogP contribution in [0.3, 0.4) is 0 Å². The Hall–Kier alpha value is -2.87. The van der Waals surface area contributed by atoms with Gasteiger partial charge in [0.2, 0.25) is 10.0 Å². The lowest BCUT2D eigenvalue weighted by Gasteiger charge is -2.27. The van der Waals surface area contributed by atoms with Crippen molar-refractivity contribution in [1.29, 1.82) is 0 Å².